The Morgan fingerprint density at radius 1 is 0.931 bits per heavy atom. The second kappa shape index (κ2) is 8.35. The highest BCUT2D eigenvalue weighted by atomic mass is 16.5. The van der Waals surface area contributed by atoms with Crippen molar-refractivity contribution in [3.05, 3.63) is 102 Å². The molecule has 0 bridgehead atoms. The molecule has 0 aliphatic rings. The van der Waals surface area contributed by atoms with Crippen molar-refractivity contribution in [3.8, 4) is 11.5 Å². The first-order valence-electron chi connectivity index (χ1n) is 9.22. The van der Waals surface area contributed by atoms with Gasteiger partial charge in [0, 0.05) is 11.1 Å². The van der Waals surface area contributed by atoms with E-state index in [1.807, 2.05) is 85.8 Å². The molecule has 0 atom stereocenters. The largest absolute Gasteiger partial charge is 0.457 e. The van der Waals surface area contributed by atoms with Crippen LogP contribution in [-0.2, 0) is 0 Å². The van der Waals surface area contributed by atoms with E-state index in [-0.39, 0.29) is 5.91 Å². The third-order valence-electron chi connectivity index (χ3n) is 4.31. The molecule has 0 unspecified atom stereocenters. The summed E-state index contributed by atoms with van der Waals surface area (Å²) in [5.41, 5.74) is 5.53. The average Bonchev–Trinajstić information content (AvgIpc) is 2.74. The lowest BCUT2D eigenvalue weighted by molar-refractivity contribution is 0.0956. The van der Waals surface area contributed by atoms with Crippen molar-refractivity contribution < 1.29 is 9.53 Å². The monoisotopic (exact) mass is 381 g/mol. The zero-order chi connectivity index (χ0) is 20.1. The molecular weight excluding hydrogens is 362 g/mol. The Morgan fingerprint density at radius 3 is 2.55 bits per heavy atom. The molecule has 4 rings (SSSR count). The summed E-state index contributed by atoms with van der Waals surface area (Å²) in [7, 11) is 0. The van der Waals surface area contributed by atoms with E-state index >= 15 is 0 Å². The quantitative estimate of drug-likeness (QED) is 0.386. The minimum Gasteiger partial charge on any atom is -0.457 e. The van der Waals surface area contributed by atoms with Crippen LogP contribution in [0.4, 0.5) is 0 Å². The maximum absolute atomic E-state index is 12.6. The molecular formula is C24H19N3O2. The van der Waals surface area contributed by atoms with E-state index in [2.05, 4.69) is 15.5 Å². The average molecular weight is 381 g/mol. The van der Waals surface area contributed by atoms with E-state index in [0.717, 1.165) is 27.9 Å². The molecule has 5 heteroatoms. The summed E-state index contributed by atoms with van der Waals surface area (Å²) in [5, 5.41) is 4.90. The lowest BCUT2D eigenvalue weighted by Crippen LogP contribution is -2.18. The molecule has 0 aliphatic heterocycles. The van der Waals surface area contributed by atoms with Gasteiger partial charge in [-0.15, -0.1) is 0 Å². The molecule has 4 aromatic rings. The third kappa shape index (κ3) is 4.47. The van der Waals surface area contributed by atoms with Crippen molar-refractivity contribution in [2.75, 3.05) is 0 Å². The van der Waals surface area contributed by atoms with Gasteiger partial charge in [0.1, 0.15) is 11.5 Å². The van der Waals surface area contributed by atoms with Crippen LogP contribution in [0, 0.1) is 6.92 Å². The zero-order valence-electron chi connectivity index (χ0n) is 15.9. The molecule has 0 saturated carbocycles. The number of carbonyl (C=O) groups is 1. The predicted octanol–water partition coefficient (Wildman–Crippen LogP) is 5.10. The van der Waals surface area contributed by atoms with Crippen molar-refractivity contribution in [1.29, 1.82) is 0 Å². The lowest BCUT2D eigenvalue weighted by atomic mass is 10.1. The van der Waals surface area contributed by atoms with Crippen molar-refractivity contribution in [2.24, 2.45) is 5.10 Å². The smallest absolute Gasteiger partial charge is 0.272 e. The molecule has 1 aromatic heterocycles. The van der Waals surface area contributed by atoms with Crippen LogP contribution >= 0.6 is 0 Å². The standard InChI is InChI=1S/C24H19N3O2/c1-17-14-22(21-12-5-6-13-23(21)26-17)24(28)27-25-16-18-8-7-11-20(15-18)29-19-9-3-2-4-10-19/h2-16H,1H3,(H,27,28). The van der Waals surface area contributed by atoms with Crippen LogP contribution in [0.3, 0.4) is 0 Å². The molecule has 0 fully saturated rings. The van der Waals surface area contributed by atoms with Gasteiger partial charge in [0.25, 0.3) is 5.91 Å². The van der Waals surface area contributed by atoms with Crippen LogP contribution < -0.4 is 10.2 Å². The molecule has 142 valence electrons. The zero-order valence-corrected chi connectivity index (χ0v) is 15.9. The van der Waals surface area contributed by atoms with Gasteiger partial charge in [-0.1, -0.05) is 48.5 Å². The first-order valence-corrected chi connectivity index (χ1v) is 9.22. The Labute approximate surface area is 168 Å². The number of nitrogens with one attached hydrogen (secondary N) is 1. The van der Waals surface area contributed by atoms with Crippen molar-refractivity contribution >= 4 is 23.0 Å². The van der Waals surface area contributed by atoms with Crippen LogP contribution in [0.25, 0.3) is 10.9 Å². The molecule has 0 radical (unpaired) electrons. The fourth-order valence-electron chi connectivity index (χ4n) is 3.00. The number of benzene rings is 3. The van der Waals surface area contributed by atoms with Crippen LogP contribution in [0.2, 0.25) is 0 Å². The number of hydrogen-bond acceptors (Lipinski definition) is 4. The second-order valence-electron chi connectivity index (χ2n) is 6.52. The second-order valence-corrected chi connectivity index (χ2v) is 6.52. The van der Waals surface area contributed by atoms with Crippen molar-refractivity contribution in [1.82, 2.24) is 10.4 Å². The highest BCUT2D eigenvalue weighted by molar-refractivity contribution is 6.06. The molecule has 29 heavy (non-hydrogen) atoms. The number of fused-ring (bicyclic) bond motifs is 1. The first-order chi connectivity index (χ1) is 14.2. The maximum Gasteiger partial charge on any atom is 0.272 e. The van der Waals surface area contributed by atoms with Crippen molar-refractivity contribution in [2.45, 2.75) is 6.92 Å². The summed E-state index contributed by atoms with van der Waals surface area (Å²) in [5.74, 6) is 1.18. The van der Waals surface area contributed by atoms with Crippen LogP contribution in [0.1, 0.15) is 21.6 Å². The Bertz CT molecular complexity index is 1190. The van der Waals surface area contributed by atoms with E-state index in [1.54, 1.807) is 12.3 Å². The SMILES string of the molecule is Cc1cc(C(=O)NN=Cc2cccc(Oc3ccccc3)c2)c2ccccc2n1. The van der Waals surface area contributed by atoms with Gasteiger partial charge in [-0.25, -0.2) is 5.43 Å². The molecule has 1 amide bonds. The summed E-state index contributed by atoms with van der Waals surface area (Å²) in [6.07, 6.45) is 1.59. The summed E-state index contributed by atoms with van der Waals surface area (Å²) in [6, 6.07) is 26.4. The Hall–Kier alpha value is -3.99. The summed E-state index contributed by atoms with van der Waals surface area (Å²) in [4.78, 5) is 17.1. The Morgan fingerprint density at radius 2 is 1.69 bits per heavy atom. The van der Waals surface area contributed by atoms with E-state index in [9.17, 15) is 4.79 Å². The van der Waals surface area contributed by atoms with Gasteiger partial charge in [0.05, 0.1) is 17.3 Å². The lowest BCUT2D eigenvalue weighted by Gasteiger charge is -2.07. The molecule has 0 spiro atoms. The number of carbonyl (C=O) groups excluding carboxylic acids is 1. The summed E-state index contributed by atoms with van der Waals surface area (Å²) < 4.78 is 5.82. The van der Waals surface area contributed by atoms with Crippen LogP contribution in [0.5, 0.6) is 11.5 Å². The first kappa shape index (κ1) is 18.4. The van der Waals surface area contributed by atoms with Gasteiger partial charge < -0.3 is 4.74 Å². The van der Waals surface area contributed by atoms with Gasteiger partial charge in [-0.2, -0.15) is 5.10 Å². The number of pyridine rings is 1. The van der Waals surface area contributed by atoms with Gasteiger partial charge in [0.15, 0.2) is 0 Å². The number of hydrogen-bond donors (Lipinski definition) is 1. The van der Waals surface area contributed by atoms with Gasteiger partial charge in [-0.05, 0) is 48.9 Å². The molecule has 1 heterocycles. The third-order valence-corrected chi connectivity index (χ3v) is 4.31. The number of nitrogens with zero attached hydrogens (tertiary/aromatic N) is 2. The molecule has 5 nitrogen and oxygen atoms in total. The predicted molar refractivity (Wildman–Crippen MR) is 114 cm³/mol. The number of rotatable bonds is 5. The van der Waals surface area contributed by atoms with Gasteiger partial charge >= 0.3 is 0 Å². The van der Waals surface area contributed by atoms with Crippen LogP contribution in [-0.4, -0.2) is 17.1 Å². The van der Waals surface area contributed by atoms with E-state index in [4.69, 9.17) is 4.74 Å². The highest BCUT2D eigenvalue weighted by Gasteiger charge is 2.11. The maximum atomic E-state index is 12.6. The number of aromatic nitrogens is 1. The van der Waals surface area contributed by atoms with Crippen LogP contribution in [0.15, 0.2) is 90.0 Å². The molecule has 0 saturated heterocycles. The summed E-state index contributed by atoms with van der Waals surface area (Å²) in [6.45, 7) is 1.87. The number of amides is 1. The minimum atomic E-state index is -0.278. The topological polar surface area (TPSA) is 63.6 Å². The molecule has 1 N–H and O–H groups in total. The molecule has 0 aliphatic carbocycles. The normalized spacial score (nSPS) is 10.9. The Balaban J connectivity index is 1.48. The minimum absolute atomic E-state index is 0.278. The fraction of sp³-hybridized carbons (Fsp3) is 0.0417. The number of ether oxygens (including phenoxy) is 1. The van der Waals surface area contributed by atoms with E-state index in [1.165, 1.54) is 0 Å². The fourth-order valence-corrected chi connectivity index (χ4v) is 3.00. The number of aryl methyl sites for hydroxylation is 1. The van der Waals surface area contributed by atoms with E-state index < -0.39 is 0 Å². The number of para-hydroxylation sites is 2. The highest BCUT2D eigenvalue weighted by Crippen LogP contribution is 2.21. The van der Waals surface area contributed by atoms with Crippen molar-refractivity contribution in [3.63, 3.8) is 0 Å². The van der Waals surface area contributed by atoms with Gasteiger partial charge in [-0.3, -0.25) is 9.78 Å². The summed E-state index contributed by atoms with van der Waals surface area (Å²) >= 11 is 0. The molecule has 3 aromatic carbocycles. The van der Waals surface area contributed by atoms with E-state index in [0.29, 0.717) is 11.3 Å². The number of hydrazone groups is 1. The Kier molecular flexibility index (Phi) is 5.29. The van der Waals surface area contributed by atoms with Gasteiger partial charge in [0.2, 0.25) is 0 Å².